The molecule has 82 valence electrons. The van der Waals surface area contributed by atoms with E-state index in [1.807, 2.05) is 18.2 Å². The molecule has 0 saturated carbocycles. The first-order chi connectivity index (χ1) is 7.72. The lowest BCUT2D eigenvalue weighted by molar-refractivity contribution is 0.0533. The Morgan fingerprint density at radius 1 is 1.44 bits per heavy atom. The van der Waals surface area contributed by atoms with Gasteiger partial charge in [-0.2, -0.15) is 0 Å². The summed E-state index contributed by atoms with van der Waals surface area (Å²) in [7, 11) is 1.36. The van der Waals surface area contributed by atoms with Crippen molar-refractivity contribution < 1.29 is 9.63 Å². The molecule has 0 unspecified atom stereocenters. The van der Waals surface area contributed by atoms with Gasteiger partial charge in [-0.25, -0.2) is 10.5 Å². The summed E-state index contributed by atoms with van der Waals surface area (Å²) in [5.74, 6) is -0.417. The van der Waals surface area contributed by atoms with Crippen LogP contribution in [0.25, 0.3) is 10.9 Å². The zero-order valence-electron chi connectivity index (χ0n) is 8.73. The lowest BCUT2D eigenvalue weighted by atomic mass is 10.1. The third kappa shape index (κ3) is 1.80. The van der Waals surface area contributed by atoms with E-state index in [1.165, 1.54) is 13.2 Å². The van der Waals surface area contributed by atoms with E-state index < -0.39 is 5.91 Å². The minimum atomic E-state index is -0.417. The quantitative estimate of drug-likeness (QED) is 0.738. The number of fused-ring (bicyclic) bond motifs is 1. The van der Waals surface area contributed by atoms with Crippen LogP contribution in [0.1, 0.15) is 10.5 Å². The zero-order valence-corrected chi connectivity index (χ0v) is 8.73. The molecule has 1 heterocycles. The highest BCUT2D eigenvalue weighted by molar-refractivity contribution is 5.98. The van der Waals surface area contributed by atoms with Crippen LogP contribution in [-0.2, 0) is 4.84 Å². The van der Waals surface area contributed by atoms with E-state index in [1.54, 1.807) is 6.07 Å². The fraction of sp³-hybridized carbons (Fsp3) is 0.0909. The molecule has 0 atom stereocenters. The number of carbonyl (C=O) groups excluding carboxylic acids is 1. The maximum absolute atomic E-state index is 11.5. The number of para-hydroxylation sites is 1. The van der Waals surface area contributed by atoms with Crippen LogP contribution in [0.4, 0.5) is 5.69 Å². The lowest BCUT2D eigenvalue weighted by Gasteiger charge is -2.05. The van der Waals surface area contributed by atoms with Crippen LogP contribution in [0.5, 0.6) is 0 Å². The molecule has 0 aliphatic carbocycles. The van der Waals surface area contributed by atoms with Gasteiger partial charge in [0.2, 0.25) is 0 Å². The molecule has 0 fully saturated rings. The van der Waals surface area contributed by atoms with E-state index in [4.69, 9.17) is 5.73 Å². The smallest absolute Gasteiger partial charge is 0.293 e. The van der Waals surface area contributed by atoms with Gasteiger partial charge in [0.1, 0.15) is 5.69 Å². The van der Waals surface area contributed by atoms with E-state index in [9.17, 15) is 4.79 Å². The van der Waals surface area contributed by atoms with Crippen LogP contribution in [0, 0.1) is 0 Å². The molecule has 3 N–H and O–H groups in total. The van der Waals surface area contributed by atoms with Crippen molar-refractivity contribution in [3.8, 4) is 0 Å². The number of hydrogen-bond donors (Lipinski definition) is 2. The number of nitrogens with one attached hydrogen (secondary N) is 1. The van der Waals surface area contributed by atoms with Crippen LogP contribution in [0.15, 0.2) is 30.3 Å². The molecule has 0 bridgehead atoms. The summed E-state index contributed by atoms with van der Waals surface area (Å²) >= 11 is 0. The molecular formula is C11H11N3O2. The summed E-state index contributed by atoms with van der Waals surface area (Å²) in [6, 6.07) is 8.89. The fourth-order valence-electron chi connectivity index (χ4n) is 1.46. The summed E-state index contributed by atoms with van der Waals surface area (Å²) in [6.07, 6.45) is 0. The SMILES string of the molecule is CONC(=O)c1cc(N)c2ccccc2n1. The number of nitrogens with two attached hydrogens (primary N) is 1. The number of anilines is 1. The minimum absolute atomic E-state index is 0.234. The molecule has 1 amide bonds. The van der Waals surface area contributed by atoms with Gasteiger partial charge in [0.05, 0.1) is 12.6 Å². The molecular weight excluding hydrogens is 206 g/mol. The maximum Gasteiger partial charge on any atom is 0.293 e. The number of rotatable bonds is 2. The lowest BCUT2D eigenvalue weighted by Crippen LogP contribution is -2.23. The number of benzene rings is 1. The first-order valence-electron chi connectivity index (χ1n) is 4.71. The van der Waals surface area contributed by atoms with Crippen LogP contribution in [0.2, 0.25) is 0 Å². The van der Waals surface area contributed by atoms with Gasteiger partial charge in [-0.1, -0.05) is 18.2 Å². The molecule has 0 radical (unpaired) electrons. The Balaban J connectivity index is 2.53. The number of nitrogen functional groups attached to an aromatic ring is 1. The largest absolute Gasteiger partial charge is 0.398 e. The van der Waals surface area contributed by atoms with Crippen LogP contribution < -0.4 is 11.2 Å². The molecule has 0 aliphatic heterocycles. The molecule has 0 saturated heterocycles. The predicted octanol–water partition coefficient (Wildman–Crippen LogP) is 1.11. The molecule has 1 aromatic carbocycles. The standard InChI is InChI=1S/C11H11N3O2/c1-16-14-11(15)10-6-8(12)7-4-2-3-5-9(7)13-10/h2-6H,1H3,(H2,12,13)(H,14,15). The number of nitrogens with zero attached hydrogens (tertiary/aromatic N) is 1. The molecule has 16 heavy (non-hydrogen) atoms. The van der Waals surface area contributed by atoms with Crippen molar-refractivity contribution >= 4 is 22.5 Å². The Labute approximate surface area is 92.2 Å². The fourth-order valence-corrected chi connectivity index (χ4v) is 1.46. The second kappa shape index (κ2) is 4.16. The summed E-state index contributed by atoms with van der Waals surface area (Å²) in [6.45, 7) is 0. The van der Waals surface area contributed by atoms with Gasteiger partial charge < -0.3 is 5.73 Å². The second-order valence-electron chi connectivity index (χ2n) is 3.25. The van der Waals surface area contributed by atoms with E-state index in [0.717, 1.165) is 5.39 Å². The number of carbonyl (C=O) groups is 1. The number of pyridine rings is 1. The van der Waals surface area contributed by atoms with E-state index >= 15 is 0 Å². The van der Waals surface area contributed by atoms with Crippen molar-refractivity contribution in [3.05, 3.63) is 36.0 Å². The number of aromatic nitrogens is 1. The average Bonchev–Trinajstić information content (AvgIpc) is 2.29. The van der Waals surface area contributed by atoms with Gasteiger partial charge in [0, 0.05) is 11.1 Å². The van der Waals surface area contributed by atoms with E-state index in [0.29, 0.717) is 11.2 Å². The summed E-state index contributed by atoms with van der Waals surface area (Å²) in [5, 5.41) is 0.830. The van der Waals surface area contributed by atoms with Crippen LogP contribution in [0.3, 0.4) is 0 Å². The van der Waals surface area contributed by atoms with Gasteiger partial charge >= 0.3 is 0 Å². The molecule has 1 aromatic heterocycles. The van der Waals surface area contributed by atoms with Gasteiger partial charge in [-0.15, -0.1) is 0 Å². The van der Waals surface area contributed by atoms with Crippen LogP contribution >= 0.6 is 0 Å². The topological polar surface area (TPSA) is 77.2 Å². The summed E-state index contributed by atoms with van der Waals surface area (Å²) in [5.41, 5.74) is 9.47. The number of hydrogen-bond acceptors (Lipinski definition) is 4. The van der Waals surface area contributed by atoms with E-state index in [2.05, 4.69) is 15.3 Å². The van der Waals surface area contributed by atoms with Crippen molar-refractivity contribution in [1.82, 2.24) is 10.5 Å². The van der Waals surface area contributed by atoms with Gasteiger partial charge in [0.15, 0.2) is 0 Å². The first kappa shape index (κ1) is 10.4. The zero-order chi connectivity index (χ0) is 11.5. The van der Waals surface area contributed by atoms with Crippen molar-refractivity contribution in [2.24, 2.45) is 0 Å². The maximum atomic E-state index is 11.5. The summed E-state index contributed by atoms with van der Waals surface area (Å²) in [4.78, 5) is 20.2. The highest BCUT2D eigenvalue weighted by atomic mass is 16.6. The Hall–Kier alpha value is -2.14. The second-order valence-corrected chi connectivity index (χ2v) is 3.25. The minimum Gasteiger partial charge on any atom is -0.398 e. The third-order valence-electron chi connectivity index (χ3n) is 2.18. The third-order valence-corrected chi connectivity index (χ3v) is 2.18. The highest BCUT2D eigenvalue weighted by Gasteiger charge is 2.09. The predicted molar refractivity (Wildman–Crippen MR) is 60.6 cm³/mol. The van der Waals surface area contributed by atoms with Crippen LogP contribution in [-0.4, -0.2) is 18.0 Å². The molecule has 5 heteroatoms. The number of hydroxylamine groups is 1. The van der Waals surface area contributed by atoms with Gasteiger partial charge in [-0.3, -0.25) is 9.63 Å². The normalized spacial score (nSPS) is 10.3. The monoisotopic (exact) mass is 217 g/mol. The molecule has 0 spiro atoms. The van der Waals surface area contributed by atoms with Crippen molar-refractivity contribution in [2.75, 3.05) is 12.8 Å². The highest BCUT2D eigenvalue weighted by Crippen LogP contribution is 2.19. The molecule has 5 nitrogen and oxygen atoms in total. The van der Waals surface area contributed by atoms with Crippen molar-refractivity contribution in [1.29, 1.82) is 0 Å². The molecule has 0 aliphatic rings. The Bertz CT molecular complexity index is 540. The van der Waals surface area contributed by atoms with E-state index in [-0.39, 0.29) is 5.69 Å². The Morgan fingerprint density at radius 2 is 2.19 bits per heavy atom. The van der Waals surface area contributed by atoms with Gasteiger partial charge in [-0.05, 0) is 12.1 Å². The summed E-state index contributed by atoms with van der Waals surface area (Å²) < 4.78 is 0. The Kier molecular flexibility index (Phi) is 2.70. The van der Waals surface area contributed by atoms with Crippen molar-refractivity contribution in [3.63, 3.8) is 0 Å². The van der Waals surface area contributed by atoms with Gasteiger partial charge in [0.25, 0.3) is 5.91 Å². The molecule has 2 rings (SSSR count). The average molecular weight is 217 g/mol. The number of amides is 1. The Morgan fingerprint density at radius 3 is 2.94 bits per heavy atom. The van der Waals surface area contributed by atoms with Crippen molar-refractivity contribution in [2.45, 2.75) is 0 Å². The molecule has 2 aromatic rings. The first-order valence-corrected chi connectivity index (χ1v) is 4.71.